The second kappa shape index (κ2) is 7.37. The predicted molar refractivity (Wildman–Crippen MR) is 100 cm³/mol. The Morgan fingerprint density at radius 3 is 2.27 bits per heavy atom. The summed E-state index contributed by atoms with van der Waals surface area (Å²) >= 11 is 1.27. The van der Waals surface area contributed by atoms with Crippen molar-refractivity contribution in [1.29, 1.82) is 0 Å². The van der Waals surface area contributed by atoms with Gasteiger partial charge >= 0.3 is 11.9 Å². The van der Waals surface area contributed by atoms with Gasteiger partial charge in [0.2, 0.25) is 0 Å². The Morgan fingerprint density at radius 2 is 1.69 bits per heavy atom. The highest BCUT2D eigenvalue weighted by atomic mass is 32.1. The van der Waals surface area contributed by atoms with Gasteiger partial charge in [-0.15, -0.1) is 11.3 Å². The molecule has 0 radical (unpaired) electrons. The van der Waals surface area contributed by atoms with E-state index in [9.17, 15) is 9.59 Å². The first-order valence-corrected chi connectivity index (χ1v) is 8.63. The van der Waals surface area contributed by atoms with Gasteiger partial charge in [0.05, 0.1) is 17.7 Å². The quantitative estimate of drug-likeness (QED) is 0.603. The van der Waals surface area contributed by atoms with E-state index in [1.165, 1.54) is 23.5 Å². The van der Waals surface area contributed by atoms with Gasteiger partial charge in [0.25, 0.3) is 0 Å². The molecule has 2 aromatic carbocycles. The van der Waals surface area contributed by atoms with Gasteiger partial charge < -0.3 is 15.5 Å². The molecular weight excluding hydrogens is 352 g/mol. The van der Waals surface area contributed by atoms with Crippen LogP contribution in [0.25, 0.3) is 11.3 Å². The molecule has 26 heavy (non-hydrogen) atoms. The third kappa shape index (κ3) is 4.07. The zero-order valence-electron chi connectivity index (χ0n) is 13.9. The lowest BCUT2D eigenvalue weighted by molar-refractivity contribution is -0.136. The van der Waals surface area contributed by atoms with Crippen LogP contribution in [0.3, 0.4) is 0 Å². The van der Waals surface area contributed by atoms with Crippen LogP contribution in [-0.4, -0.2) is 27.1 Å². The number of carbonyl (C=O) groups is 2. The average molecular weight is 368 g/mol. The molecule has 7 heteroatoms. The molecule has 3 aromatic rings. The van der Waals surface area contributed by atoms with Crippen molar-refractivity contribution in [3.63, 3.8) is 0 Å². The molecule has 0 fully saturated rings. The standard InChI is InChI=1S/C19H16N2O4S/c1-11-2-4-12(5-3-11)17-15(10-16(22)23)26-19(21-17)20-14-8-6-13(7-9-14)18(24)25/h2-9H,10H2,1H3,(H,20,21)(H,22,23)(H,24,25). The first kappa shape index (κ1) is 17.6. The highest BCUT2D eigenvalue weighted by Crippen LogP contribution is 2.33. The molecule has 0 spiro atoms. The molecule has 1 aromatic heterocycles. The Labute approximate surface area is 153 Å². The van der Waals surface area contributed by atoms with Gasteiger partial charge in [0.15, 0.2) is 5.13 Å². The molecule has 3 rings (SSSR count). The van der Waals surface area contributed by atoms with E-state index in [1.807, 2.05) is 31.2 Å². The van der Waals surface area contributed by atoms with Crippen molar-refractivity contribution < 1.29 is 19.8 Å². The number of nitrogens with one attached hydrogen (secondary N) is 1. The fourth-order valence-electron chi connectivity index (χ4n) is 2.42. The van der Waals surface area contributed by atoms with Crippen molar-refractivity contribution in [2.24, 2.45) is 0 Å². The minimum atomic E-state index is -0.990. The molecule has 0 unspecified atom stereocenters. The van der Waals surface area contributed by atoms with Crippen molar-refractivity contribution in [1.82, 2.24) is 4.98 Å². The van der Waals surface area contributed by atoms with E-state index in [0.29, 0.717) is 21.4 Å². The van der Waals surface area contributed by atoms with Crippen LogP contribution in [0.4, 0.5) is 10.8 Å². The summed E-state index contributed by atoms with van der Waals surface area (Å²) in [5.74, 6) is -1.91. The Morgan fingerprint density at radius 1 is 1.04 bits per heavy atom. The van der Waals surface area contributed by atoms with E-state index in [1.54, 1.807) is 12.1 Å². The first-order valence-electron chi connectivity index (χ1n) is 7.81. The number of aromatic carboxylic acids is 1. The minimum Gasteiger partial charge on any atom is -0.481 e. The summed E-state index contributed by atoms with van der Waals surface area (Å²) in [6, 6.07) is 14.0. The van der Waals surface area contributed by atoms with Crippen LogP contribution in [-0.2, 0) is 11.2 Å². The van der Waals surface area contributed by atoms with Gasteiger partial charge in [-0.1, -0.05) is 29.8 Å². The largest absolute Gasteiger partial charge is 0.481 e. The number of rotatable bonds is 6. The number of aromatic nitrogens is 1. The highest BCUT2D eigenvalue weighted by Gasteiger charge is 2.16. The second-order valence-corrected chi connectivity index (χ2v) is 6.82. The summed E-state index contributed by atoms with van der Waals surface area (Å²) in [4.78, 5) is 27.3. The van der Waals surface area contributed by atoms with Crippen molar-refractivity contribution >= 4 is 34.1 Å². The Balaban J connectivity index is 1.91. The predicted octanol–water partition coefficient (Wildman–Crippen LogP) is 4.19. The molecule has 0 bridgehead atoms. The number of aryl methyl sites for hydroxylation is 1. The third-order valence-corrected chi connectivity index (χ3v) is 4.69. The number of aliphatic carboxylic acids is 1. The number of carboxylic acid groups (broad SMARTS) is 2. The van der Waals surface area contributed by atoms with Crippen LogP contribution in [0.1, 0.15) is 20.8 Å². The number of nitrogens with zero attached hydrogens (tertiary/aromatic N) is 1. The summed E-state index contributed by atoms with van der Waals surface area (Å²) in [6.07, 6.45) is -0.111. The van der Waals surface area contributed by atoms with E-state index >= 15 is 0 Å². The molecule has 0 aliphatic carbocycles. The van der Waals surface area contributed by atoms with Crippen molar-refractivity contribution in [2.75, 3.05) is 5.32 Å². The topological polar surface area (TPSA) is 99.5 Å². The van der Waals surface area contributed by atoms with E-state index in [0.717, 1.165) is 11.1 Å². The lowest BCUT2D eigenvalue weighted by atomic mass is 10.1. The van der Waals surface area contributed by atoms with E-state index in [2.05, 4.69) is 10.3 Å². The zero-order valence-corrected chi connectivity index (χ0v) is 14.7. The summed E-state index contributed by atoms with van der Waals surface area (Å²) in [6.45, 7) is 1.98. The molecule has 6 nitrogen and oxygen atoms in total. The van der Waals surface area contributed by atoms with Gasteiger partial charge in [-0.05, 0) is 31.2 Å². The number of hydrogen-bond donors (Lipinski definition) is 3. The van der Waals surface area contributed by atoms with Crippen LogP contribution >= 0.6 is 11.3 Å². The fraction of sp³-hybridized carbons (Fsp3) is 0.105. The van der Waals surface area contributed by atoms with Crippen molar-refractivity contribution in [2.45, 2.75) is 13.3 Å². The minimum absolute atomic E-state index is 0.111. The zero-order chi connectivity index (χ0) is 18.7. The maximum atomic E-state index is 11.2. The molecule has 0 saturated carbocycles. The number of carboxylic acids is 2. The second-order valence-electron chi connectivity index (χ2n) is 5.73. The van der Waals surface area contributed by atoms with Crippen molar-refractivity contribution in [3.05, 3.63) is 64.5 Å². The van der Waals surface area contributed by atoms with E-state index in [4.69, 9.17) is 10.2 Å². The Hall–Kier alpha value is -3.19. The molecule has 3 N–H and O–H groups in total. The van der Waals surface area contributed by atoms with Crippen LogP contribution in [0.5, 0.6) is 0 Å². The summed E-state index contributed by atoms with van der Waals surface area (Å²) in [5.41, 5.74) is 3.49. The van der Waals surface area contributed by atoms with Gasteiger partial charge in [0, 0.05) is 16.1 Å². The van der Waals surface area contributed by atoms with Crippen LogP contribution < -0.4 is 5.32 Å². The maximum Gasteiger partial charge on any atom is 0.335 e. The van der Waals surface area contributed by atoms with E-state index in [-0.39, 0.29) is 12.0 Å². The fourth-order valence-corrected chi connectivity index (χ4v) is 3.41. The van der Waals surface area contributed by atoms with Crippen molar-refractivity contribution in [3.8, 4) is 11.3 Å². The molecule has 132 valence electrons. The number of anilines is 2. The number of hydrogen-bond acceptors (Lipinski definition) is 5. The van der Waals surface area contributed by atoms with Gasteiger partial charge in [-0.25, -0.2) is 9.78 Å². The summed E-state index contributed by atoms with van der Waals surface area (Å²) in [7, 11) is 0. The SMILES string of the molecule is Cc1ccc(-c2nc(Nc3ccc(C(=O)O)cc3)sc2CC(=O)O)cc1. The first-order chi connectivity index (χ1) is 12.4. The lowest BCUT2D eigenvalue weighted by Gasteiger charge is -2.03. The highest BCUT2D eigenvalue weighted by molar-refractivity contribution is 7.16. The Kier molecular flexibility index (Phi) is 4.99. The van der Waals surface area contributed by atoms with Crippen LogP contribution in [0.2, 0.25) is 0 Å². The number of benzene rings is 2. The lowest BCUT2D eigenvalue weighted by Crippen LogP contribution is -1.99. The smallest absolute Gasteiger partial charge is 0.335 e. The molecule has 0 aliphatic rings. The van der Waals surface area contributed by atoms with Crippen LogP contribution in [0, 0.1) is 6.92 Å². The van der Waals surface area contributed by atoms with Gasteiger partial charge in [-0.2, -0.15) is 0 Å². The number of thiazole rings is 1. The molecule has 1 heterocycles. The van der Waals surface area contributed by atoms with Gasteiger partial charge in [0.1, 0.15) is 0 Å². The normalized spacial score (nSPS) is 10.5. The molecule has 0 amide bonds. The molecule has 0 saturated heterocycles. The summed E-state index contributed by atoms with van der Waals surface area (Å²) < 4.78 is 0. The molecule has 0 aliphatic heterocycles. The van der Waals surface area contributed by atoms with Gasteiger partial charge in [-0.3, -0.25) is 4.79 Å². The average Bonchev–Trinajstić information content (AvgIpc) is 2.97. The summed E-state index contributed by atoms with van der Waals surface area (Å²) in [5, 5.41) is 21.8. The molecule has 0 atom stereocenters. The third-order valence-electron chi connectivity index (χ3n) is 3.72. The monoisotopic (exact) mass is 368 g/mol. The Bertz CT molecular complexity index is 947. The maximum absolute atomic E-state index is 11.2. The van der Waals surface area contributed by atoms with E-state index < -0.39 is 11.9 Å². The molecular formula is C19H16N2O4S. The van der Waals surface area contributed by atoms with Crippen LogP contribution in [0.15, 0.2) is 48.5 Å².